The molecule has 1 aromatic carbocycles. The van der Waals surface area contributed by atoms with Crippen LogP contribution in [0.25, 0.3) is 0 Å². The lowest BCUT2D eigenvalue weighted by Crippen LogP contribution is -2.30. The average molecular weight is 330 g/mol. The number of hydrogen-bond acceptors (Lipinski definition) is 4. The van der Waals surface area contributed by atoms with E-state index in [-0.39, 0.29) is 0 Å². The minimum atomic E-state index is -0.881. The first-order valence-corrected chi connectivity index (χ1v) is 7.06. The molecule has 0 saturated carbocycles. The SMILES string of the molecule is COc1ccc(C2(O)CC(C)N(C)C2)c(OC)c1Br. The zero-order valence-electron chi connectivity index (χ0n) is 11.7. The Bertz CT molecular complexity index is 468. The molecule has 4 nitrogen and oxygen atoms in total. The smallest absolute Gasteiger partial charge is 0.142 e. The van der Waals surface area contributed by atoms with Gasteiger partial charge in [0.15, 0.2) is 0 Å². The first kappa shape index (κ1) is 14.6. The van der Waals surface area contributed by atoms with Gasteiger partial charge in [-0.05, 0) is 48.5 Å². The van der Waals surface area contributed by atoms with Crippen LogP contribution in [0.15, 0.2) is 16.6 Å². The fourth-order valence-electron chi connectivity index (χ4n) is 2.73. The molecule has 0 radical (unpaired) electrons. The van der Waals surface area contributed by atoms with Gasteiger partial charge in [-0.25, -0.2) is 0 Å². The molecule has 2 atom stereocenters. The first-order valence-electron chi connectivity index (χ1n) is 6.26. The summed E-state index contributed by atoms with van der Waals surface area (Å²) in [6.07, 6.45) is 0.693. The van der Waals surface area contributed by atoms with Gasteiger partial charge in [0.25, 0.3) is 0 Å². The van der Waals surface area contributed by atoms with Crippen LogP contribution >= 0.6 is 15.9 Å². The van der Waals surface area contributed by atoms with E-state index in [1.54, 1.807) is 14.2 Å². The Balaban J connectivity index is 2.48. The third-order valence-electron chi connectivity index (χ3n) is 3.88. The number of rotatable bonds is 3. The number of nitrogens with zero attached hydrogens (tertiary/aromatic N) is 1. The van der Waals surface area contributed by atoms with E-state index >= 15 is 0 Å². The summed E-state index contributed by atoms with van der Waals surface area (Å²) in [7, 11) is 5.24. The number of halogens is 1. The summed E-state index contributed by atoms with van der Waals surface area (Å²) in [5.74, 6) is 1.34. The maximum absolute atomic E-state index is 10.9. The van der Waals surface area contributed by atoms with Gasteiger partial charge >= 0.3 is 0 Å². The van der Waals surface area contributed by atoms with Crippen LogP contribution < -0.4 is 9.47 Å². The summed E-state index contributed by atoms with van der Waals surface area (Å²) >= 11 is 3.48. The number of likely N-dealkylation sites (tertiary alicyclic amines) is 1. The van der Waals surface area contributed by atoms with Crippen molar-refractivity contribution in [1.29, 1.82) is 0 Å². The zero-order valence-corrected chi connectivity index (χ0v) is 13.3. The van der Waals surface area contributed by atoms with Crippen LogP contribution in [0.4, 0.5) is 0 Å². The molecule has 1 fully saturated rings. The lowest BCUT2D eigenvalue weighted by atomic mass is 9.90. The molecule has 1 N–H and O–H groups in total. The molecule has 1 aliphatic heterocycles. The lowest BCUT2D eigenvalue weighted by Gasteiger charge is -2.26. The van der Waals surface area contributed by atoms with E-state index in [1.807, 2.05) is 19.2 Å². The van der Waals surface area contributed by atoms with Crippen LogP contribution in [0.3, 0.4) is 0 Å². The van der Waals surface area contributed by atoms with Crippen molar-refractivity contribution in [1.82, 2.24) is 4.90 Å². The quantitative estimate of drug-likeness (QED) is 0.924. The van der Waals surface area contributed by atoms with Crippen LogP contribution in [0.1, 0.15) is 18.9 Å². The molecule has 5 heteroatoms. The monoisotopic (exact) mass is 329 g/mol. The molecule has 0 spiro atoms. The van der Waals surface area contributed by atoms with Gasteiger partial charge in [0, 0.05) is 18.2 Å². The van der Waals surface area contributed by atoms with Gasteiger partial charge in [0.1, 0.15) is 21.6 Å². The number of likely N-dealkylation sites (N-methyl/N-ethyl adjacent to an activating group) is 1. The van der Waals surface area contributed by atoms with Crippen molar-refractivity contribution in [3.63, 3.8) is 0 Å². The third-order valence-corrected chi connectivity index (χ3v) is 4.63. The number of ether oxygens (including phenoxy) is 2. The number of benzene rings is 1. The highest BCUT2D eigenvalue weighted by molar-refractivity contribution is 9.10. The van der Waals surface area contributed by atoms with Crippen LogP contribution in [-0.2, 0) is 5.60 Å². The lowest BCUT2D eigenvalue weighted by molar-refractivity contribution is 0.0459. The molecule has 0 bridgehead atoms. The molecule has 0 aliphatic carbocycles. The van der Waals surface area contributed by atoms with Crippen molar-refractivity contribution < 1.29 is 14.6 Å². The zero-order chi connectivity index (χ0) is 14.2. The summed E-state index contributed by atoms with van der Waals surface area (Å²) in [5, 5.41) is 10.9. The van der Waals surface area contributed by atoms with Gasteiger partial charge in [0.05, 0.1) is 14.2 Å². The summed E-state index contributed by atoms with van der Waals surface area (Å²) in [6, 6.07) is 4.08. The van der Waals surface area contributed by atoms with Crippen LogP contribution in [0.5, 0.6) is 11.5 Å². The second-order valence-electron chi connectivity index (χ2n) is 5.16. The second kappa shape index (κ2) is 5.31. The Labute approximate surface area is 122 Å². The van der Waals surface area contributed by atoms with Crippen LogP contribution in [0, 0.1) is 0 Å². The molecule has 1 heterocycles. The van der Waals surface area contributed by atoms with E-state index in [2.05, 4.69) is 27.8 Å². The Morgan fingerprint density at radius 3 is 2.53 bits per heavy atom. The van der Waals surface area contributed by atoms with Crippen molar-refractivity contribution in [3.8, 4) is 11.5 Å². The van der Waals surface area contributed by atoms with Gasteiger partial charge in [-0.3, -0.25) is 0 Å². The maximum atomic E-state index is 10.9. The maximum Gasteiger partial charge on any atom is 0.142 e. The molecule has 0 amide bonds. The normalized spacial score (nSPS) is 27.6. The van der Waals surface area contributed by atoms with Crippen molar-refractivity contribution in [2.75, 3.05) is 27.8 Å². The number of methoxy groups -OCH3 is 2. The third kappa shape index (κ3) is 2.47. The molecule has 1 aliphatic rings. The Morgan fingerprint density at radius 2 is 2.05 bits per heavy atom. The summed E-state index contributed by atoms with van der Waals surface area (Å²) in [5.41, 5.74) is -0.0761. The fourth-order valence-corrected chi connectivity index (χ4v) is 3.40. The molecule has 0 aromatic heterocycles. The van der Waals surface area contributed by atoms with Gasteiger partial charge in [-0.1, -0.05) is 0 Å². The van der Waals surface area contributed by atoms with Gasteiger partial charge < -0.3 is 19.5 Å². The van der Waals surface area contributed by atoms with Crippen molar-refractivity contribution in [2.24, 2.45) is 0 Å². The number of hydrogen-bond donors (Lipinski definition) is 1. The predicted octanol–water partition coefficient (Wildman–Crippen LogP) is 2.38. The molecular weight excluding hydrogens is 310 g/mol. The molecule has 106 valence electrons. The van der Waals surface area contributed by atoms with Crippen LogP contribution in [-0.4, -0.2) is 43.9 Å². The van der Waals surface area contributed by atoms with Gasteiger partial charge in [-0.2, -0.15) is 0 Å². The second-order valence-corrected chi connectivity index (χ2v) is 5.96. The highest BCUT2D eigenvalue weighted by Gasteiger charge is 2.42. The highest BCUT2D eigenvalue weighted by atomic mass is 79.9. The number of β-amino-alcohol motifs (C(OH)–C–C–N with tert-alkyl or cyclic N) is 1. The topological polar surface area (TPSA) is 41.9 Å². The minimum absolute atomic E-state index is 0.343. The van der Waals surface area contributed by atoms with Gasteiger partial charge in [-0.15, -0.1) is 0 Å². The molecule has 2 unspecified atom stereocenters. The van der Waals surface area contributed by atoms with Gasteiger partial charge in [0.2, 0.25) is 0 Å². The van der Waals surface area contributed by atoms with Crippen molar-refractivity contribution in [2.45, 2.75) is 25.0 Å². The van der Waals surface area contributed by atoms with Crippen molar-refractivity contribution >= 4 is 15.9 Å². The summed E-state index contributed by atoms with van der Waals surface area (Å²) < 4.78 is 11.5. The first-order chi connectivity index (χ1) is 8.92. The van der Waals surface area contributed by atoms with E-state index in [1.165, 1.54) is 0 Å². The van der Waals surface area contributed by atoms with E-state index < -0.39 is 5.60 Å². The minimum Gasteiger partial charge on any atom is -0.495 e. The highest BCUT2D eigenvalue weighted by Crippen LogP contribution is 2.45. The fraction of sp³-hybridized carbons (Fsp3) is 0.571. The average Bonchev–Trinajstić information content (AvgIpc) is 2.63. The summed E-state index contributed by atoms with van der Waals surface area (Å²) in [4.78, 5) is 2.15. The van der Waals surface area contributed by atoms with Crippen LogP contribution in [0.2, 0.25) is 0 Å². The number of aliphatic hydroxyl groups is 1. The van der Waals surface area contributed by atoms with E-state index in [4.69, 9.17) is 9.47 Å². The molecular formula is C14H20BrNO3. The molecule has 1 saturated heterocycles. The summed E-state index contributed by atoms with van der Waals surface area (Å²) in [6.45, 7) is 2.71. The largest absolute Gasteiger partial charge is 0.495 e. The predicted molar refractivity (Wildman–Crippen MR) is 77.9 cm³/mol. The standard InChI is InChI=1S/C14H20BrNO3/c1-9-7-14(17,8-16(9)2)10-5-6-11(18-3)12(15)13(10)19-4/h5-6,9,17H,7-8H2,1-4H3. The Hall–Kier alpha value is -0.780. The van der Waals surface area contributed by atoms with E-state index in [0.29, 0.717) is 30.5 Å². The van der Waals surface area contributed by atoms with Crippen molar-refractivity contribution in [3.05, 3.63) is 22.2 Å². The Morgan fingerprint density at radius 1 is 1.37 bits per heavy atom. The molecule has 1 aromatic rings. The van der Waals surface area contributed by atoms with E-state index in [0.717, 1.165) is 10.0 Å². The molecule has 19 heavy (non-hydrogen) atoms. The molecule has 2 rings (SSSR count). The Kier molecular flexibility index (Phi) is 4.08. The van der Waals surface area contributed by atoms with E-state index in [9.17, 15) is 5.11 Å².